The maximum Gasteiger partial charge on any atom is 0.174 e. The van der Waals surface area contributed by atoms with Gasteiger partial charge in [0.05, 0.1) is 0 Å². The number of anilines is 1. The highest BCUT2D eigenvalue weighted by Crippen LogP contribution is 2.27. The molecule has 4 heterocycles. The molecule has 6 rings (SSSR count). The molecule has 2 aromatic heterocycles. The quantitative estimate of drug-likeness (QED) is 0.257. The van der Waals surface area contributed by atoms with Crippen molar-refractivity contribution < 1.29 is 0 Å². The fraction of sp³-hybridized carbons (Fsp3) is 0.556. The number of fused-ring (bicyclic) bond motifs is 1. The molecule has 0 bridgehead atoms. The molecule has 8 heteroatoms. The third-order valence-corrected chi connectivity index (χ3v) is 7.35. The van der Waals surface area contributed by atoms with Crippen LogP contribution < -0.4 is 4.90 Å². The van der Waals surface area contributed by atoms with Gasteiger partial charge in [0.15, 0.2) is 5.82 Å². The number of aromatic amines is 1. The average Bonchev–Trinajstić information content (AvgIpc) is 3.63. The number of aryl methyl sites for hydroxylation is 2. The molecule has 2 aliphatic heterocycles. The second-order valence-corrected chi connectivity index (χ2v) is 10.9. The van der Waals surface area contributed by atoms with Crippen molar-refractivity contribution in [2.24, 2.45) is 0 Å². The summed E-state index contributed by atoms with van der Waals surface area (Å²) in [5.74, 6) is 0.764. The Balaban J connectivity index is 0.000000282. The summed E-state index contributed by atoms with van der Waals surface area (Å²) < 4.78 is 0. The summed E-state index contributed by atoms with van der Waals surface area (Å²) in [6.45, 7) is 16.9. The van der Waals surface area contributed by atoms with Gasteiger partial charge in [0.25, 0.3) is 0 Å². The lowest BCUT2D eigenvalue weighted by atomic mass is 10.0. The lowest BCUT2D eigenvalue weighted by molar-refractivity contribution is 0.240. The van der Waals surface area contributed by atoms with E-state index in [1.54, 1.807) is 12.4 Å². The van der Waals surface area contributed by atoms with E-state index < -0.39 is 0 Å². The van der Waals surface area contributed by atoms with Gasteiger partial charge in [-0.3, -0.25) is 4.98 Å². The van der Waals surface area contributed by atoms with Crippen molar-refractivity contribution in [1.82, 2.24) is 35.4 Å². The van der Waals surface area contributed by atoms with Gasteiger partial charge in [-0.25, -0.2) is 0 Å². The summed E-state index contributed by atoms with van der Waals surface area (Å²) in [6, 6.07) is 18.6. The van der Waals surface area contributed by atoms with Crippen LogP contribution in [-0.4, -0.2) is 89.3 Å². The zero-order valence-electron chi connectivity index (χ0n) is 29.0. The molecule has 2 aliphatic rings. The number of rotatable bonds is 3. The number of hydrogen-bond acceptors (Lipinski definition) is 7. The number of tetrazole rings is 1. The molecule has 0 saturated carbocycles. The van der Waals surface area contributed by atoms with Crippen molar-refractivity contribution in [3.05, 3.63) is 78.4 Å². The van der Waals surface area contributed by atoms with Crippen molar-refractivity contribution in [3.8, 4) is 0 Å². The van der Waals surface area contributed by atoms with Crippen molar-refractivity contribution in [1.29, 1.82) is 0 Å². The van der Waals surface area contributed by atoms with Crippen LogP contribution in [0.1, 0.15) is 77.6 Å². The second kappa shape index (κ2) is 25.0. The van der Waals surface area contributed by atoms with Gasteiger partial charge in [-0.05, 0) is 102 Å². The van der Waals surface area contributed by atoms with Crippen LogP contribution in [0.4, 0.5) is 5.69 Å². The Morgan fingerprint density at radius 2 is 1.34 bits per heavy atom. The standard InChI is InChI=1S/C13H15N.C7H15N.C6H13N.C5H5N.C3H6N4.C2H6/c1-10-6-4-8-12-11(10)7-5-9-13(12)14(2)3;1-2-8-6-4-3-5-7-8;1-7-5-3-2-4-6-7;1-2-4-6-5-3-1;1-2-3-4-6-7-5-3;1-2/h4-9H,1-3H3;2-7H2,1H3;2-6H2,1H3;1-5H;2H2,1H3,(H,4,5,6,7);1-2H3. The molecule has 8 nitrogen and oxygen atoms in total. The minimum Gasteiger partial charge on any atom is -0.377 e. The molecule has 0 spiro atoms. The van der Waals surface area contributed by atoms with Gasteiger partial charge >= 0.3 is 0 Å². The van der Waals surface area contributed by atoms with E-state index in [9.17, 15) is 0 Å². The minimum atomic E-state index is 0.764. The van der Waals surface area contributed by atoms with E-state index in [0.29, 0.717) is 0 Å². The first kappa shape index (κ1) is 38.7. The number of benzene rings is 2. The zero-order valence-corrected chi connectivity index (χ0v) is 29.0. The molecule has 244 valence electrons. The monoisotopic (exact) mass is 604 g/mol. The van der Waals surface area contributed by atoms with Crippen LogP contribution in [0.3, 0.4) is 0 Å². The van der Waals surface area contributed by atoms with Gasteiger partial charge in [0.1, 0.15) is 0 Å². The smallest absolute Gasteiger partial charge is 0.174 e. The van der Waals surface area contributed by atoms with Crippen molar-refractivity contribution in [2.45, 2.75) is 79.6 Å². The van der Waals surface area contributed by atoms with E-state index in [-0.39, 0.29) is 0 Å². The SMILES string of the molecule is CC.CCN1CCCCC1.CCc1nn[nH]n1.CN1CCCCC1.Cc1cccc2c(N(C)C)cccc12.c1ccncc1. The summed E-state index contributed by atoms with van der Waals surface area (Å²) in [5, 5.41) is 15.8. The van der Waals surface area contributed by atoms with Crippen molar-refractivity contribution in [2.75, 3.05) is 58.8 Å². The molecule has 2 saturated heterocycles. The molecule has 0 atom stereocenters. The summed E-state index contributed by atoms with van der Waals surface area (Å²) in [7, 11) is 6.35. The highest BCUT2D eigenvalue weighted by atomic mass is 15.5. The van der Waals surface area contributed by atoms with Crippen LogP contribution >= 0.6 is 0 Å². The van der Waals surface area contributed by atoms with E-state index in [1.165, 1.54) is 93.3 Å². The first-order valence-electron chi connectivity index (χ1n) is 16.6. The first-order chi connectivity index (χ1) is 21.5. The number of nitrogens with one attached hydrogen (secondary N) is 1. The molecule has 4 aromatic rings. The Morgan fingerprint density at radius 3 is 1.73 bits per heavy atom. The third kappa shape index (κ3) is 16.5. The number of nitrogens with zero attached hydrogens (tertiary/aromatic N) is 7. The van der Waals surface area contributed by atoms with Crippen LogP contribution in [0.15, 0.2) is 67.0 Å². The maximum atomic E-state index is 3.78. The zero-order chi connectivity index (χ0) is 32.4. The Labute approximate surface area is 268 Å². The van der Waals surface area contributed by atoms with Crippen LogP contribution in [0, 0.1) is 6.92 Å². The second-order valence-electron chi connectivity index (χ2n) is 10.9. The Bertz CT molecular complexity index is 1140. The molecule has 0 unspecified atom stereocenters. The lowest BCUT2D eigenvalue weighted by Crippen LogP contribution is -2.29. The Kier molecular flexibility index (Phi) is 22.0. The molecular weight excluding hydrogens is 544 g/mol. The van der Waals surface area contributed by atoms with Gasteiger partial charge in [0, 0.05) is 44.0 Å². The predicted molar refractivity (Wildman–Crippen MR) is 189 cm³/mol. The minimum absolute atomic E-state index is 0.764. The number of aromatic nitrogens is 5. The number of pyridine rings is 1. The van der Waals surface area contributed by atoms with Crippen molar-refractivity contribution in [3.63, 3.8) is 0 Å². The van der Waals surface area contributed by atoms with Gasteiger partial charge in [-0.2, -0.15) is 5.21 Å². The van der Waals surface area contributed by atoms with Crippen LogP contribution in [-0.2, 0) is 6.42 Å². The fourth-order valence-corrected chi connectivity index (χ4v) is 4.81. The normalized spacial score (nSPS) is 14.4. The van der Waals surface area contributed by atoms with Crippen molar-refractivity contribution >= 4 is 16.5 Å². The average molecular weight is 605 g/mol. The molecular formula is C36H60N8. The van der Waals surface area contributed by atoms with Gasteiger partial charge in [-0.1, -0.05) is 82.1 Å². The number of hydrogen-bond donors (Lipinski definition) is 1. The van der Waals surface area contributed by atoms with Gasteiger partial charge in [0.2, 0.25) is 0 Å². The highest BCUT2D eigenvalue weighted by molar-refractivity contribution is 5.96. The Morgan fingerprint density at radius 1 is 0.750 bits per heavy atom. The van der Waals surface area contributed by atoms with E-state index in [4.69, 9.17) is 0 Å². The first-order valence-corrected chi connectivity index (χ1v) is 16.6. The summed E-state index contributed by atoms with van der Waals surface area (Å²) in [6.07, 6.45) is 12.9. The Hall–Kier alpha value is -3.36. The third-order valence-electron chi connectivity index (χ3n) is 7.35. The molecule has 0 aliphatic carbocycles. The number of H-pyrrole nitrogens is 1. The van der Waals surface area contributed by atoms with E-state index in [1.807, 2.05) is 39.0 Å². The molecule has 0 amide bonds. The predicted octanol–water partition coefficient (Wildman–Crippen LogP) is 7.68. The van der Waals surface area contributed by atoms with Crippen LogP contribution in [0.5, 0.6) is 0 Å². The molecule has 1 N–H and O–H groups in total. The van der Waals surface area contributed by atoms with Crippen LogP contribution in [0.2, 0.25) is 0 Å². The van der Waals surface area contributed by atoms with E-state index in [0.717, 1.165) is 12.2 Å². The molecule has 2 fully saturated rings. The largest absolute Gasteiger partial charge is 0.377 e. The highest BCUT2D eigenvalue weighted by Gasteiger charge is 2.06. The maximum absolute atomic E-state index is 3.78. The van der Waals surface area contributed by atoms with E-state index in [2.05, 4.69) is 112 Å². The van der Waals surface area contributed by atoms with E-state index >= 15 is 0 Å². The molecule has 2 aromatic carbocycles. The summed E-state index contributed by atoms with van der Waals surface area (Å²) >= 11 is 0. The summed E-state index contributed by atoms with van der Waals surface area (Å²) in [4.78, 5) is 10.8. The van der Waals surface area contributed by atoms with Crippen LogP contribution in [0.25, 0.3) is 10.8 Å². The summed E-state index contributed by atoms with van der Waals surface area (Å²) in [5.41, 5.74) is 2.62. The molecule has 0 radical (unpaired) electrons. The van der Waals surface area contributed by atoms with Gasteiger partial charge in [-0.15, -0.1) is 10.2 Å². The molecule has 44 heavy (non-hydrogen) atoms. The lowest BCUT2D eigenvalue weighted by Gasteiger charge is -2.24. The topological polar surface area (TPSA) is 77.1 Å². The number of piperidine rings is 2. The van der Waals surface area contributed by atoms with Gasteiger partial charge < -0.3 is 14.7 Å². The fourth-order valence-electron chi connectivity index (χ4n) is 4.81. The number of likely N-dealkylation sites (tertiary alicyclic amines) is 2.